The van der Waals surface area contributed by atoms with Crippen LogP contribution >= 0.6 is 22.7 Å². The summed E-state index contributed by atoms with van der Waals surface area (Å²) in [7, 11) is 0. The van der Waals surface area contributed by atoms with E-state index in [9.17, 15) is 9.59 Å². The molecule has 1 aliphatic rings. The number of nitrogens with zero attached hydrogens (tertiary/aromatic N) is 1. The van der Waals surface area contributed by atoms with E-state index in [0.717, 1.165) is 32.2 Å². The molecule has 0 bridgehead atoms. The molecule has 3 rings (SSSR count). The van der Waals surface area contributed by atoms with E-state index in [1.165, 1.54) is 15.3 Å². The number of carbonyl (C=O) groups is 2. The molecule has 0 aliphatic carbocycles. The molecule has 3 N–H and O–H groups in total. The van der Waals surface area contributed by atoms with E-state index in [-0.39, 0.29) is 11.9 Å². The lowest BCUT2D eigenvalue weighted by Crippen LogP contribution is -2.39. The van der Waals surface area contributed by atoms with Gasteiger partial charge in [-0.2, -0.15) is 0 Å². The molecule has 0 spiro atoms. The zero-order chi connectivity index (χ0) is 17.6. The van der Waals surface area contributed by atoms with Crippen molar-refractivity contribution >= 4 is 34.6 Å². The highest BCUT2D eigenvalue weighted by Crippen LogP contribution is 2.39. The van der Waals surface area contributed by atoms with Crippen LogP contribution < -0.4 is 11.1 Å². The third-order valence-corrected chi connectivity index (χ3v) is 6.39. The van der Waals surface area contributed by atoms with Crippen molar-refractivity contribution in [1.82, 2.24) is 10.2 Å². The Morgan fingerprint density at radius 3 is 2.84 bits per heavy atom. The Kier molecular flexibility index (Phi) is 6.09. The van der Waals surface area contributed by atoms with Crippen LogP contribution in [0, 0.1) is 0 Å². The quantitative estimate of drug-likeness (QED) is 0.725. The molecular formula is C18H23N3O2S2. The average molecular weight is 378 g/mol. The van der Waals surface area contributed by atoms with Gasteiger partial charge < -0.3 is 16.0 Å². The van der Waals surface area contributed by atoms with Gasteiger partial charge in [0.15, 0.2) is 0 Å². The second-order valence-electron chi connectivity index (χ2n) is 6.16. The third-order valence-electron chi connectivity index (χ3n) is 4.47. The molecule has 0 aromatic carbocycles. The molecule has 25 heavy (non-hydrogen) atoms. The van der Waals surface area contributed by atoms with Crippen molar-refractivity contribution in [2.75, 3.05) is 13.1 Å². The van der Waals surface area contributed by atoms with Gasteiger partial charge in [-0.05, 0) is 47.7 Å². The Morgan fingerprint density at radius 1 is 1.20 bits per heavy atom. The van der Waals surface area contributed by atoms with Crippen LogP contribution in [0.25, 0.3) is 0 Å². The topological polar surface area (TPSA) is 75.4 Å². The van der Waals surface area contributed by atoms with Gasteiger partial charge in [0.25, 0.3) is 0 Å². The summed E-state index contributed by atoms with van der Waals surface area (Å²) in [4.78, 5) is 28.1. The van der Waals surface area contributed by atoms with E-state index >= 15 is 0 Å². The first kappa shape index (κ1) is 17.9. The highest BCUT2D eigenvalue weighted by molar-refractivity contribution is 7.10. The van der Waals surface area contributed by atoms with Crippen molar-refractivity contribution in [2.24, 2.45) is 5.73 Å². The molecule has 0 saturated heterocycles. The number of primary amides is 1. The minimum Gasteiger partial charge on any atom is -0.352 e. The summed E-state index contributed by atoms with van der Waals surface area (Å²) < 4.78 is 0. The number of rotatable bonds is 7. The van der Waals surface area contributed by atoms with Crippen LogP contribution in [0.2, 0.25) is 0 Å². The van der Waals surface area contributed by atoms with Crippen molar-refractivity contribution in [3.63, 3.8) is 0 Å². The lowest BCUT2D eigenvalue weighted by Gasteiger charge is -2.35. The predicted molar refractivity (Wildman–Crippen MR) is 102 cm³/mol. The number of nitrogens with one attached hydrogen (secondary N) is 1. The largest absolute Gasteiger partial charge is 0.352 e. The molecule has 5 nitrogen and oxygen atoms in total. The molecule has 7 heteroatoms. The van der Waals surface area contributed by atoms with Crippen LogP contribution in [0.3, 0.4) is 0 Å². The van der Waals surface area contributed by atoms with Gasteiger partial charge in [-0.1, -0.05) is 12.5 Å². The molecule has 3 amide bonds. The van der Waals surface area contributed by atoms with Gasteiger partial charge in [0.05, 0.1) is 6.04 Å². The van der Waals surface area contributed by atoms with Crippen LogP contribution in [-0.4, -0.2) is 29.9 Å². The summed E-state index contributed by atoms with van der Waals surface area (Å²) in [6, 6.07) is 5.92. The first-order valence-corrected chi connectivity index (χ1v) is 10.3. The fraction of sp³-hybridized carbons (Fsp3) is 0.444. The van der Waals surface area contributed by atoms with Gasteiger partial charge in [0, 0.05) is 29.3 Å². The van der Waals surface area contributed by atoms with Crippen molar-refractivity contribution in [3.05, 3.63) is 44.3 Å². The van der Waals surface area contributed by atoms with Crippen molar-refractivity contribution in [1.29, 1.82) is 0 Å². The number of fused-ring (bicyclic) bond motifs is 1. The molecule has 0 radical (unpaired) electrons. The lowest BCUT2D eigenvalue weighted by molar-refractivity contribution is -0.133. The molecule has 134 valence electrons. The van der Waals surface area contributed by atoms with E-state index in [2.05, 4.69) is 34.3 Å². The molecule has 1 aliphatic heterocycles. The number of unbranched alkanes of at least 4 members (excludes halogenated alkanes) is 2. The Hall–Kier alpha value is -1.86. The van der Waals surface area contributed by atoms with Crippen LogP contribution in [0.1, 0.15) is 47.0 Å². The van der Waals surface area contributed by atoms with Crippen LogP contribution in [0.4, 0.5) is 4.79 Å². The van der Waals surface area contributed by atoms with Gasteiger partial charge in [-0.3, -0.25) is 4.79 Å². The highest BCUT2D eigenvalue weighted by Gasteiger charge is 2.32. The normalized spacial score (nSPS) is 16.5. The second-order valence-corrected chi connectivity index (χ2v) is 8.14. The molecule has 0 fully saturated rings. The van der Waals surface area contributed by atoms with Crippen LogP contribution in [-0.2, 0) is 11.2 Å². The maximum absolute atomic E-state index is 12.8. The second kappa shape index (κ2) is 8.49. The van der Waals surface area contributed by atoms with Crippen LogP contribution in [0.5, 0.6) is 0 Å². The minimum absolute atomic E-state index is 0.0685. The molecule has 2 aromatic rings. The molecular weight excluding hydrogens is 354 g/mol. The monoisotopic (exact) mass is 377 g/mol. The fourth-order valence-electron chi connectivity index (χ4n) is 3.27. The molecule has 0 unspecified atom stereocenters. The SMILES string of the molecule is NC(=O)NCCCCCC(=O)N1CCc2sccc2[C@H]1c1cccs1. The molecule has 0 saturated carbocycles. The number of urea groups is 1. The first-order chi connectivity index (χ1) is 12.2. The Morgan fingerprint density at radius 2 is 2.08 bits per heavy atom. The number of thiophene rings is 2. The Balaban J connectivity index is 1.59. The zero-order valence-electron chi connectivity index (χ0n) is 14.1. The summed E-state index contributed by atoms with van der Waals surface area (Å²) in [5, 5.41) is 6.78. The summed E-state index contributed by atoms with van der Waals surface area (Å²) in [6.07, 6.45) is 4.09. The number of nitrogens with two attached hydrogens (primary N) is 1. The van der Waals surface area contributed by atoms with Crippen molar-refractivity contribution in [2.45, 2.75) is 38.1 Å². The maximum atomic E-state index is 12.8. The van der Waals surface area contributed by atoms with Gasteiger partial charge in [-0.25, -0.2) is 4.79 Å². The number of amides is 3. The van der Waals surface area contributed by atoms with Crippen LogP contribution in [0.15, 0.2) is 29.0 Å². The van der Waals surface area contributed by atoms with Crippen molar-refractivity contribution in [3.8, 4) is 0 Å². The zero-order valence-corrected chi connectivity index (χ0v) is 15.7. The third kappa shape index (κ3) is 4.41. The average Bonchev–Trinajstić information content (AvgIpc) is 3.27. The number of carbonyl (C=O) groups excluding carboxylic acids is 2. The van der Waals surface area contributed by atoms with Crippen molar-refractivity contribution < 1.29 is 9.59 Å². The molecule has 2 aromatic heterocycles. The minimum atomic E-state index is -0.491. The number of hydrogen-bond acceptors (Lipinski definition) is 4. The molecule has 3 heterocycles. The van der Waals surface area contributed by atoms with E-state index < -0.39 is 6.03 Å². The standard InChI is InChI=1S/C18H23N3O2S2/c19-18(23)20-9-3-1-2-6-16(22)21-10-7-14-13(8-12-25-14)17(21)15-5-4-11-24-15/h4-5,8,11-12,17H,1-3,6-7,9-10H2,(H3,19,20,23)/t17-/m0/s1. The Labute approximate surface area is 155 Å². The molecule has 1 atom stereocenters. The fourth-order valence-corrected chi connectivity index (χ4v) is 5.03. The predicted octanol–water partition coefficient (Wildman–Crippen LogP) is 3.51. The van der Waals surface area contributed by atoms with E-state index in [4.69, 9.17) is 5.73 Å². The van der Waals surface area contributed by atoms with Gasteiger partial charge in [0.2, 0.25) is 5.91 Å². The van der Waals surface area contributed by atoms with Gasteiger partial charge in [-0.15, -0.1) is 22.7 Å². The summed E-state index contributed by atoms with van der Waals surface area (Å²) >= 11 is 3.51. The lowest BCUT2D eigenvalue weighted by atomic mass is 9.97. The van der Waals surface area contributed by atoms with Gasteiger partial charge >= 0.3 is 6.03 Å². The maximum Gasteiger partial charge on any atom is 0.312 e. The Bertz CT molecular complexity index is 712. The van der Waals surface area contributed by atoms with Gasteiger partial charge in [0.1, 0.15) is 0 Å². The van der Waals surface area contributed by atoms with E-state index in [1.807, 2.05) is 4.90 Å². The number of hydrogen-bond donors (Lipinski definition) is 2. The first-order valence-electron chi connectivity index (χ1n) is 8.59. The summed E-state index contributed by atoms with van der Waals surface area (Å²) in [6.45, 7) is 1.36. The smallest absolute Gasteiger partial charge is 0.312 e. The van der Waals surface area contributed by atoms with E-state index in [1.54, 1.807) is 22.7 Å². The highest BCUT2D eigenvalue weighted by atomic mass is 32.1. The summed E-state index contributed by atoms with van der Waals surface area (Å²) in [5.74, 6) is 0.220. The summed E-state index contributed by atoms with van der Waals surface area (Å²) in [5.41, 5.74) is 6.33. The van der Waals surface area contributed by atoms with E-state index in [0.29, 0.717) is 13.0 Å².